The van der Waals surface area contributed by atoms with Crippen molar-refractivity contribution < 1.29 is 28.6 Å². The molecule has 4 atom stereocenters. The highest BCUT2D eigenvalue weighted by molar-refractivity contribution is 5.83. The second-order valence-electron chi connectivity index (χ2n) is 10.4. The molecule has 10 nitrogen and oxygen atoms in total. The van der Waals surface area contributed by atoms with Crippen molar-refractivity contribution in [3.63, 3.8) is 0 Å². The van der Waals surface area contributed by atoms with Crippen LogP contribution in [-0.4, -0.2) is 109 Å². The van der Waals surface area contributed by atoms with E-state index in [0.29, 0.717) is 32.8 Å². The van der Waals surface area contributed by atoms with Gasteiger partial charge in [-0.3, -0.25) is 0 Å². The Hall–Kier alpha value is -2.50. The number of anilines is 1. The van der Waals surface area contributed by atoms with Crippen molar-refractivity contribution in [1.82, 2.24) is 20.1 Å². The first kappa shape index (κ1) is 30.0. The van der Waals surface area contributed by atoms with Crippen molar-refractivity contribution in [2.75, 3.05) is 58.5 Å². The number of nitrogens with zero attached hydrogens (tertiary/aromatic N) is 3. The van der Waals surface area contributed by atoms with Gasteiger partial charge in [0.05, 0.1) is 31.4 Å². The summed E-state index contributed by atoms with van der Waals surface area (Å²) in [5.74, 6) is -0.100. The number of aliphatic carboxylic acids is 1. The van der Waals surface area contributed by atoms with E-state index < -0.39 is 30.8 Å². The molecule has 3 rings (SSSR count). The number of unbranched alkanes of at least 4 members (excludes halogenated alkanes) is 1. The molecule has 3 N–H and O–H groups in total. The molecule has 2 amide bonds. The number of pyridine rings is 1. The Bertz CT molecular complexity index is 893. The molecule has 0 bridgehead atoms. The smallest absolute Gasteiger partial charge is 0.326 e. The van der Waals surface area contributed by atoms with Gasteiger partial charge in [-0.25, -0.2) is 19.0 Å². The second-order valence-corrected chi connectivity index (χ2v) is 10.4. The number of urea groups is 1. The third-order valence-corrected chi connectivity index (χ3v) is 7.31. The number of morpholine rings is 1. The minimum Gasteiger partial charge on any atom is -0.480 e. The highest BCUT2D eigenvalue weighted by atomic mass is 19.1. The number of carbonyl (C=O) groups excluding carboxylic acids is 1. The van der Waals surface area contributed by atoms with E-state index in [-0.39, 0.29) is 18.5 Å². The van der Waals surface area contributed by atoms with E-state index in [4.69, 9.17) is 14.5 Å². The van der Waals surface area contributed by atoms with Crippen LogP contribution < -0.4 is 10.6 Å². The SMILES string of the molecule is CO[C@H](CF)CN(CCCCc1ccc2c(n1)NCCC2)CC[C@H](NC(=O)N1[C@H](C)COC[C@@H]1C)C(=O)O. The normalized spacial score (nSPS) is 20.9. The molecular formula is C27H44FN5O5. The van der Waals surface area contributed by atoms with Crippen LogP contribution in [0.4, 0.5) is 15.0 Å². The standard InChI is InChI=1S/C27H44FN5O5/c1-19-17-38-18-20(2)33(19)27(36)31-24(26(34)35)11-14-32(16-23(15-28)37-3)13-5-4-8-22-10-9-21-7-6-12-29-25(21)30-22/h9-10,19-20,23-24H,4-8,11-18H2,1-3H3,(H,29,30)(H,31,36)(H,34,35)/t19-,20+,23-,24+/m1/s1. The molecule has 3 heterocycles. The Kier molecular flexibility index (Phi) is 12.0. The zero-order chi connectivity index (χ0) is 27.5. The van der Waals surface area contributed by atoms with Crippen molar-refractivity contribution in [1.29, 1.82) is 0 Å². The zero-order valence-corrected chi connectivity index (χ0v) is 23.0. The van der Waals surface area contributed by atoms with Gasteiger partial charge in [-0.1, -0.05) is 6.07 Å². The van der Waals surface area contributed by atoms with Gasteiger partial charge < -0.3 is 35.0 Å². The first-order chi connectivity index (χ1) is 18.3. The number of fused-ring (bicyclic) bond motifs is 1. The van der Waals surface area contributed by atoms with Crippen LogP contribution in [0.15, 0.2) is 12.1 Å². The summed E-state index contributed by atoms with van der Waals surface area (Å²) in [4.78, 5) is 33.3. The van der Waals surface area contributed by atoms with Gasteiger partial charge in [0.1, 0.15) is 18.5 Å². The molecule has 0 aromatic carbocycles. The van der Waals surface area contributed by atoms with Crippen LogP contribution in [0, 0.1) is 0 Å². The summed E-state index contributed by atoms with van der Waals surface area (Å²) in [6, 6.07) is 2.50. The van der Waals surface area contributed by atoms with Gasteiger partial charge in [0, 0.05) is 32.4 Å². The molecule has 0 unspecified atom stereocenters. The molecule has 0 aliphatic carbocycles. The monoisotopic (exact) mass is 537 g/mol. The van der Waals surface area contributed by atoms with Crippen LogP contribution >= 0.6 is 0 Å². The van der Waals surface area contributed by atoms with Crippen molar-refractivity contribution in [2.24, 2.45) is 0 Å². The number of hydrogen-bond donors (Lipinski definition) is 3. The van der Waals surface area contributed by atoms with Crippen molar-refractivity contribution in [2.45, 2.75) is 76.6 Å². The molecular weight excluding hydrogens is 493 g/mol. The summed E-state index contributed by atoms with van der Waals surface area (Å²) in [6.45, 7) is 6.35. The minimum atomic E-state index is -1.09. The number of ether oxygens (including phenoxy) is 2. The van der Waals surface area contributed by atoms with Gasteiger partial charge >= 0.3 is 12.0 Å². The molecule has 0 saturated carbocycles. The summed E-state index contributed by atoms with van der Waals surface area (Å²) < 4.78 is 24.1. The molecule has 38 heavy (non-hydrogen) atoms. The Morgan fingerprint density at radius 1 is 1.29 bits per heavy atom. The van der Waals surface area contributed by atoms with E-state index >= 15 is 0 Å². The van der Waals surface area contributed by atoms with Crippen LogP contribution in [-0.2, 0) is 27.1 Å². The van der Waals surface area contributed by atoms with Crippen molar-refractivity contribution in [3.05, 3.63) is 23.4 Å². The Morgan fingerprint density at radius 2 is 2.05 bits per heavy atom. The van der Waals surface area contributed by atoms with Crippen LogP contribution in [0.25, 0.3) is 0 Å². The number of hydrogen-bond acceptors (Lipinski definition) is 7. The van der Waals surface area contributed by atoms with Crippen molar-refractivity contribution in [3.8, 4) is 0 Å². The highest BCUT2D eigenvalue weighted by Gasteiger charge is 2.32. The quantitative estimate of drug-likeness (QED) is 0.310. The molecule has 11 heteroatoms. The highest BCUT2D eigenvalue weighted by Crippen LogP contribution is 2.20. The predicted molar refractivity (Wildman–Crippen MR) is 143 cm³/mol. The van der Waals surface area contributed by atoms with E-state index in [1.54, 1.807) is 4.90 Å². The van der Waals surface area contributed by atoms with E-state index in [0.717, 1.165) is 50.2 Å². The summed E-state index contributed by atoms with van der Waals surface area (Å²) in [7, 11) is 1.48. The van der Waals surface area contributed by atoms with Gasteiger partial charge in [0.25, 0.3) is 0 Å². The first-order valence-electron chi connectivity index (χ1n) is 13.8. The Labute approximate surface area is 225 Å². The van der Waals surface area contributed by atoms with E-state index in [1.807, 2.05) is 18.7 Å². The molecule has 0 radical (unpaired) electrons. The third-order valence-electron chi connectivity index (χ3n) is 7.31. The fourth-order valence-electron chi connectivity index (χ4n) is 5.12. The molecule has 0 spiro atoms. The number of alkyl halides is 1. The number of carboxylic acids is 1. The molecule has 1 fully saturated rings. The zero-order valence-electron chi connectivity index (χ0n) is 23.0. The molecule has 2 aliphatic heterocycles. The molecule has 1 saturated heterocycles. The number of carbonyl (C=O) groups is 2. The third kappa shape index (κ3) is 8.78. The van der Waals surface area contributed by atoms with E-state index in [9.17, 15) is 19.1 Å². The van der Waals surface area contributed by atoms with Crippen molar-refractivity contribution >= 4 is 17.8 Å². The van der Waals surface area contributed by atoms with Crippen LogP contribution in [0.2, 0.25) is 0 Å². The number of methoxy groups -OCH3 is 1. The lowest BCUT2D eigenvalue weighted by Gasteiger charge is -2.39. The Morgan fingerprint density at radius 3 is 2.74 bits per heavy atom. The number of carboxylic acid groups (broad SMARTS) is 1. The van der Waals surface area contributed by atoms with Gasteiger partial charge in [-0.2, -0.15) is 0 Å². The maximum atomic E-state index is 13.4. The minimum absolute atomic E-state index is 0.142. The maximum absolute atomic E-state index is 13.4. The van der Waals surface area contributed by atoms with Gasteiger partial charge in [-0.05, 0) is 70.5 Å². The van der Waals surface area contributed by atoms with Crippen LogP contribution in [0.3, 0.4) is 0 Å². The molecule has 214 valence electrons. The topological polar surface area (TPSA) is 116 Å². The lowest BCUT2D eigenvalue weighted by atomic mass is 10.1. The number of rotatable bonds is 14. The van der Waals surface area contributed by atoms with E-state index in [1.165, 1.54) is 12.7 Å². The van der Waals surface area contributed by atoms with Gasteiger partial charge in [-0.15, -0.1) is 0 Å². The van der Waals surface area contributed by atoms with Gasteiger partial charge in [0.15, 0.2) is 0 Å². The Balaban J connectivity index is 1.52. The number of amides is 2. The lowest BCUT2D eigenvalue weighted by Crippen LogP contribution is -2.58. The first-order valence-corrected chi connectivity index (χ1v) is 13.8. The summed E-state index contributed by atoms with van der Waals surface area (Å²) in [6.07, 6.45) is 4.39. The second kappa shape index (κ2) is 15.2. The summed E-state index contributed by atoms with van der Waals surface area (Å²) in [5.41, 5.74) is 2.31. The number of halogens is 1. The fraction of sp³-hybridized carbons (Fsp3) is 0.741. The number of aryl methyl sites for hydroxylation is 2. The average molecular weight is 538 g/mol. The molecule has 1 aromatic heterocycles. The molecule has 1 aromatic rings. The lowest BCUT2D eigenvalue weighted by molar-refractivity contribution is -0.139. The van der Waals surface area contributed by atoms with Crippen LogP contribution in [0.1, 0.15) is 50.8 Å². The largest absolute Gasteiger partial charge is 0.480 e. The summed E-state index contributed by atoms with van der Waals surface area (Å²) >= 11 is 0. The predicted octanol–water partition coefficient (Wildman–Crippen LogP) is 2.71. The number of nitrogens with one attached hydrogen (secondary N) is 2. The van der Waals surface area contributed by atoms with E-state index in [2.05, 4.69) is 22.8 Å². The fourth-order valence-corrected chi connectivity index (χ4v) is 5.12. The molecule has 2 aliphatic rings. The van der Waals surface area contributed by atoms with Gasteiger partial charge in [0.2, 0.25) is 0 Å². The maximum Gasteiger partial charge on any atom is 0.326 e. The number of aromatic nitrogens is 1. The van der Waals surface area contributed by atoms with Crippen LogP contribution in [0.5, 0.6) is 0 Å². The summed E-state index contributed by atoms with van der Waals surface area (Å²) in [5, 5.41) is 15.8. The average Bonchev–Trinajstić information content (AvgIpc) is 2.91.